The molecule has 4 aromatic carbocycles. The molecule has 0 N–H and O–H groups in total. The van der Waals surface area contributed by atoms with Gasteiger partial charge in [0.25, 0.3) is 0 Å². The van der Waals surface area contributed by atoms with E-state index in [2.05, 4.69) is 124 Å². The molecule has 0 aliphatic heterocycles. The van der Waals surface area contributed by atoms with Gasteiger partial charge in [-0.25, -0.2) is 0 Å². The number of rotatable bonds is 9. The maximum atomic E-state index is 9.15. The summed E-state index contributed by atoms with van der Waals surface area (Å²) in [7, 11) is 18.3. The predicted octanol–water partition coefficient (Wildman–Crippen LogP) is 15.1. The molecule has 2 atom stereocenters. The summed E-state index contributed by atoms with van der Waals surface area (Å²) >= 11 is -5.00. The van der Waals surface area contributed by atoms with Crippen LogP contribution in [-0.4, -0.2) is 5.92 Å². The molecule has 4 bridgehead atoms. The van der Waals surface area contributed by atoms with Crippen LogP contribution in [0.3, 0.4) is 0 Å². The fraction of sp³-hybridized carbons (Fsp3) is 0.440. The molecule has 4 aromatic rings. The standard InChI is InChI=1S/2C24H25.C2H7Si.2ClH.Zr/c2*1-17-5-7-20(8-6-17)22-4-2-3-21-13-19(14-23(21)22)16-24-11-9-18(15-24)10-12-24;1-3-2;;;/h2*2-8,13-14,18H,9-12,15-16H2,1H3;3H,1-2H3;2*1H;/q;;;;;+2/p-2. The van der Waals surface area contributed by atoms with Crippen molar-refractivity contribution in [1.82, 2.24) is 0 Å². The van der Waals surface area contributed by atoms with Gasteiger partial charge in [-0.05, 0) is 0 Å². The Labute approximate surface area is 333 Å². The minimum atomic E-state index is -5.00. The fourth-order valence-corrected chi connectivity index (χ4v) is 44.6. The van der Waals surface area contributed by atoms with Crippen molar-refractivity contribution in [2.45, 2.75) is 111 Å². The van der Waals surface area contributed by atoms with E-state index in [0.717, 1.165) is 11.8 Å². The molecule has 0 saturated heterocycles. The van der Waals surface area contributed by atoms with Gasteiger partial charge in [0.15, 0.2) is 0 Å². The number of hydrogen-bond acceptors (Lipinski definition) is 0. The minimum absolute atomic E-state index is 0.149. The van der Waals surface area contributed by atoms with Crippen molar-refractivity contribution < 1.29 is 15.6 Å². The van der Waals surface area contributed by atoms with E-state index in [1.165, 1.54) is 133 Å². The zero-order chi connectivity index (χ0) is 37.1. The number of aryl methyl sites for hydroxylation is 2. The van der Waals surface area contributed by atoms with E-state index in [9.17, 15) is 0 Å². The summed E-state index contributed by atoms with van der Waals surface area (Å²) in [6.07, 6.45) is 21.6. The predicted molar refractivity (Wildman–Crippen MR) is 232 cm³/mol. The van der Waals surface area contributed by atoms with Crippen molar-refractivity contribution in [3.8, 4) is 22.3 Å². The summed E-state index contributed by atoms with van der Waals surface area (Å²) in [6.45, 7) is 9.50. The third-order valence-corrected chi connectivity index (χ3v) is 68.0. The molecular formula is C50H57Cl2SiZr. The Kier molecular flexibility index (Phi) is 8.78. The van der Waals surface area contributed by atoms with Crippen LogP contribution in [0.5, 0.6) is 0 Å². The van der Waals surface area contributed by atoms with E-state index < -0.39 is 21.5 Å². The summed E-state index contributed by atoms with van der Waals surface area (Å²) in [4.78, 5) is 0. The molecule has 4 fully saturated rings. The van der Waals surface area contributed by atoms with Crippen molar-refractivity contribution in [3.05, 3.63) is 129 Å². The van der Waals surface area contributed by atoms with Crippen molar-refractivity contribution in [1.29, 1.82) is 0 Å². The molecule has 0 aromatic heterocycles. The van der Waals surface area contributed by atoms with E-state index in [4.69, 9.17) is 17.0 Å². The summed E-state index contributed by atoms with van der Waals surface area (Å²) in [5.41, 5.74) is 17.7. The van der Waals surface area contributed by atoms with Crippen LogP contribution in [0, 0.1) is 36.5 Å². The molecule has 6 aliphatic rings. The van der Waals surface area contributed by atoms with E-state index in [1.54, 1.807) is 11.1 Å². The third-order valence-electron chi connectivity index (χ3n) is 16.2. The number of hydrogen-bond donors (Lipinski definition) is 0. The van der Waals surface area contributed by atoms with Crippen LogP contribution >= 0.6 is 17.0 Å². The molecule has 0 spiro atoms. The molecule has 4 saturated carbocycles. The summed E-state index contributed by atoms with van der Waals surface area (Å²) in [5.74, 6) is 0.150. The van der Waals surface area contributed by atoms with Gasteiger partial charge >= 0.3 is 336 Å². The zero-order valence-corrected chi connectivity index (χ0v) is 38.0. The molecule has 279 valence electrons. The van der Waals surface area contributed by atoms with E-state index in [-0.39, 0.29) is 7.25 Å². The molecule has 0 amide bonds. The molecule has 10 rings (SSSR count). The monoisotopic (exact) mass is 845 g/mol. The van der Waals surface area contributed by atoms with Gasteiger partial charge in [-0.15, -0.1) is 0 Å². The van der Waals surface area contributed by atoms with E-state index >= 15 is 0 Å². The van der Waals surface area contributed by atoms with E-state index in [1.807, 2.05) is 0 Å². The first-order chi connectivity index (χ1) is 25.9. The zero-order valence-electron chi connectivity index (χ0n) is 32.9. The Hall–Kier alpha value is -1.96. The van der Waals surface area contributed by atoms with Gasteiger partial charge in [-0.1, -0.05) is 0 Å². The van der Waals surface area contributed by atoms with Crippen LogP contribution in [0.1, 0.15) is 118 Å². The first-order valence-electron chi connectivity index (χ1n) is 21.3. The number of fused-ring (bicyclic) bond motifs is 6. The van der Waals surface area contributed by atoms with Gasteiger partial charge in [-0.2, -0.15) is 0 Å². The Bertz CT molecular complexity index is 2040. The molecule has 0 nitrogen and oxygen atoms in total. The number of allylic oxidation sites excluding steroid dienone is 2. The van der Waals surface area contributed by atoms with Crippen LogP contribution in [0.4, 0.5) is 0 Å². The maximum absolute atomic E-state index is 9.15. The average molecular weight is 848 g/mol. The quantitative estimate of drug-likeness (QED) is 0.147. The van der Waals surface area contributed by atoms with Gasteiger partial charge in [0.05, 0.1) is 0 Å². The SMILES string of the molecule is Cc1ccc(-c2cccc3c2C=C(CC24CCC(CC2)C4)[CH]3[Zr]([Cl])([Cl])([CH]2C(CC34CCC(CC3)C4)=Cc3c(-c4ccc(C)cc4)cccc32)[SiH](C)C)cc1. The first-order valence-corrected chi connectivity index (χ1v) is 37.6. The molecule has 0 radical (unpaired) electrons. The van der Waals surface area contributed by atoms with Crippen molar-refractivity contribution in [2.75, 3.05) is 0 Å². The molecular weight excluding hydrogens is 791 g/mol. The van der Waals surface area contributed by atoms with Crippen LogP contribution in [0.15, 0.2) is 96.1 Å². The molecule has 54 heavy (non-hydrogen) atoms. The second kappa shape index (κ2) is 13.0. The fourth-order valence-electron chi connectivity index (χ4n) is 13.3. The Morgan fingerprint density at radius 2 is 0.963 bits per heavy atom. The normalized spacial score (nSPS) is 30.0. The second-order valence-corrected chi connectivity index (χ2v) is 62.2. The van der Waals surface area contributed by atoms with E-state index in [0.29, 0.717) is 10.8 Å². The average Bonchev–Trinajstić information content (AvgIpc) is 4.02. The van der Waals surface area contributed by atoms with Crippen LogP contribution in [0.2, 0.25) is 13.1 Å². The molecule has 6 aliphatic carbocycles. The van der Waals surface area contributed by atoms with Crippen molar-refractivity contribution in [3.63, 3.8) is 0 Å². The van der Waals surface area contributed by atoms with Gasteiger partial charge in [0.2, 0.25) is 0 Å². The van der Waals surface area contributed by atoms with Crippen molar-refractivity contribution >= 4 is 35.1 Å². The van der Waals surface area contributed by atoms with Gasteiger partial charge < -0.3 is 0 Å². The summed E-state index contributed by atoms with van der Waals surface area (Å²) in [5, 5.41) is 0. The topological polar surface area (TPSA) is 0 Å². The molecule has 4 heteroatoms. The van der Waals surface area contributed by atoms with Gasteiger partial charge in [0.1, 0.15) is 0 Å². The Balaban J connectivity index is 1.18. The summed E-state index contributed by atoms with van der Waals surface area (Å²) < 4.78 is 0.297. The second-order valence-electron chi connectivity index (χ2n) is 19.7. The van der Waals surface area contributed by atoms with Gasteiger partial charge in [-0.3, -0.25) is 0 Å². The Morgan fingerprint density at radius 1 is 0.574 bits per heavy atom. The Morgan fingerprint density at radius 3 is 1.30 bits per heavy atom. The van der Waals surface area contributed by atoms with Crippen molar-refractivity contribution in [2.24, 2.45) is 22.7 Å². The third kappa shape index (κ3) is 5.64. The van der Waals surface area contributed by atoms with Gasteiger partial charge in [0, 0.05) is 0 Å². The molecule has 0 heterocycles. The first kappa shape index (κ1) is 36.4. The number of benzene rings is 4. The summed E-state index contributed by atoms with van der Waals surface area (Å²) in [6, 6.07) is 32.7. The van der Waals surface area contributed by atoms with Crippen LogP contribution < -0.4 is 0 Å². The van der Waals surface area contributed by atoms with Crippen LogP contribution in [0.25, 0.3) is 34.4 Å². The number of halogens is 2. The molecule has 2 unspecified atom stereocenters. The van der Waals surface area contributed by atoms with Crippen LogP contribution in [-0.2, 0) is 15.6 Å².